The summed E-state index contributed by atoms with van der Waals surface area (Å²) in [6, 6.07) is 3.59. The van der Waals surface area contributed by atoms with Gasteiger partial charge in [0.05, 0.1) is 0 Å². The number of benzene rings is 1. The SMILES string of the molecule is CCc1nc(C(=O)O)nn1-c1cccc(F)c1F. The smallest absolute Gasteiger partial charge is 0.375 e. The molecule has 0 aliphatic heterocycles. The first kappa shape index (κ1) is 12.2. The molecule has 0 radical (unpaired) electrons. The van der Waals surface area contributed by atoms with Gasteiger partial charge >= 0.3 is 5.97 Å². The zero-order chi connectivity index (χ0) is 13.3. The first-order valence-corrected chi connectivity index (χ1v) is 5.18. The van der Waals surface area contributed by atoms with Gasteiger partial charge in [-0.15, -0.1) is 5.10 Å². The molecule has 7 heteroatoms. The molecule has 0 unspecified atom stereocenters. The van der Waals surface area contributed by atoms with Gasteiger partial charge in [0, 0.05) is 6.42 Å². The molecular formula is C11H9F2N3O2. The molecule has 1 N–H and O–H groups in total. The van der Waals surface area contributed by atoms with Crippen LogP contribution in [0.3, 0.4) is 0 Å². The van der Waals surface area contributed by atoms with Gasteiger partial charge < -0.3 is 5.11 Å². The van der Waals surface area contributed by atoms with Crippen LogP contribution >= 0.6 is 0 Å². The minimum atomic E-state index is -1.32. The van der Waals surface area contributed by atoms with E-state index < -0.39 is 23.4 Å². The minimum Gasteiger partial charge on any atom is -0.475 e. The van der Waals surface area contributed by atoms with Gasteiger partial charge in [-0.1, -0.05) is 13.0 Å². The molecule has 0 atom stereocenters. The van der Waals surface area contributed by atoms with E-state index in [2.05, 4.69) is 10.1 Å². The molecule has 0 fully saturated rings. The molecule has 0 saturated carbocycles. The number of halogens is 2. The van der Waals surface area contributed by atoms with Gasteiger partial charge in [0.15, 0.2) is 11.6 Å². The third kappa shape index (κ3) is 1.94. The molecular weight excluding hydrogens is 244 g/mol. The van der Waals surface area contributed by atoms with Crippen molar-refractivity contribution in [3.05, 3.63) is 41.5 Å². The maximum absolute atomic E-state index is 13.6. The molecule has 0 bridgehead atoms. The lowest BCUT2D eigenvalue weighted by molar-refractivity contribution is 0.0683. The fourth-order valence-electron chi connectivity index (χ4n) is 1.51. The molecule has 0 spiro atoms. The van der Waals surface area contributed by atoms with Gasteiger partial charge in [-0.25, -0.2) is 23.2 Å². The maximum Gasteiger partial charge on any atom is 0.375 e. The molecule has 1 aromatic carbocycles. The van der Waals surface area contributed by atoms with Crippen molar-refractivity contribution in [1.82, 2.24) is 14.8 Å². The second kappa shape index (κ2) is 4.52. The molecule has 0 amide bonds. The summed E-state index contributed by atoms with van der Waals surface area (Å²) in [7, 11) is 0. The van der Waals surface area contributed by atoms with Gasteiger partial charge in [-0.3, -0.25) is 0 Å². The maximum atomic E-state index is 13.6. The Hall–Kier alpha value is -2.31. The molecule has 0 aliphatic carbocycles. The summed E-state index contributed by atoms with van der Waals surface area (Å²) in [4.78, 5) is 14.5. The summed E-state index contributed by atoms with van der Waals surface area (Å²) in [5.41, 5.74) is -0.160. The Morgan fingerprint density at radius 1 is 1.44 bits per heavy atom. The Bertz CT molecular complexity index is 610. The van der Waals surface area contributed by atoms with E-state index in [0.717, 1.165) is 10.7 Å². The van der Waals surface area contributed by atoms with Crippen LogP contribution in [0.4, 0.5) is 8.78 Å². The minimum absolute atomic E-state index is 0.160. The number of aryl methyl sites for hydroxylation is 1. The van der Waals surface area contributed by atoms with Gasteiger partial charge in [-0.2, -0.15) is 0 Å². The number of carboxylic acids is 1. The van der Waals surface area contributed by atoms with E-state index in [1.165, 1.54) is 12.1 Å². The number of rotatable bonds is 3. The number of aromatic nitrogens is 3. The summed E-state index contributed by atoms with van der Waals surface area (Å²) >= 11 is 0. The fourth-order valence-corrected chi connectivity index (χ4v) is 1.51. The highest BCUT2D eigenvalue weighted by molar-refractivity contribution is 5.83. The number of hydrogen-bond donors (Lipinski definition) is 1. The molecule has 2 aromatic rings. The molecule has 94 valence electrons. The van der Waals surface area contributed by atoms with Crippen molar-refractivity contribution in [2.24, 2.45) is 0 Å². The normalized spacial score (nSPS) is 10.6. The zero-order valence-electron chi connectivity index (χ0n) is 9.39. The van der Waals surface area contributed by atoms with Crippen molar-refractivity contribution >= 4 is 5.97 Å². The first-order valence-electron chi connectivity index (χ1n) is 5.18. The summed E-state index contributed by atoms with van der Waals surface area (Å²) in [5, 5.41) is 12.4. The topological polar surface area (TPSA) is 68.0 Å². The summed E-state index contributed by atoms with van der Waals surface area (Å²) in [6.07, 6.45) is 0.343. The Kier molecular flexibility index (Phi) is 3.05. The van der Waals surface area contributed by atoms with Gasteiger partial charge in [-0.05, 0) is 12.1 Å². The molecule has 18 heavy (non-hydrogen) atoms. The zero-order valence-corrected chi connectivity index (χ0v) is 9.39. The fraction of sp³-hybridized carbons (Fsp3) is 0.182. The highest BCUT2D eigenvalue weighted by atomic mass is 19.2. The van der Waals surface area contributed by atoms with E-state index in [-0.39, 0.29) is 11.5 Å². The summed E-state index contributed by atoms with van der Waals surface area (Å²) < 4.78 is 27.7. The number of carbonyl (C=O) groups is 1. The first-order chi connectivity index (χ1) is 8.54. The van der Waals surface area contributed by atoms with E-state index in [1.807, 2.05) is 0 Å². The van der Waals surface area contributed by atoms with Crippen LogP contribution in [0.1, 0.15) is 23.4 Å². The number of carboxylic acid groups (broad SMARTS) is 1. The number of nitrogens with zero attached hydrogens (tertiary/aromatic N) is 3. The van der Waals surface area contributed by atoms with Crippen LogP contribution in [-0.2, 0) is 6.42 Å². The monoisotopic (exact) mass is 253 g/mol. The van der Waals surface area contributed by atoms with E-state index in [9.17, 15) is 13.6 Å². The highest BCUT2D eigenvalue weighted by Gasteiger charge is 2.18. The van der Waals surface area contributed by atoms with Crippen LogP contribution in [0, 0.1) is 11.6 Å². The van der Waals surface area contributed by atoms with Gasteiger partial charge in [0.2, 0.25) is 0 Å². The lowest BCUT2D eigenvalue weighted by atomic mass is 10.3. The van der Waals surface area contributed by atoms with Crippen molar-refractivity contribution in [2.45, 2.75) is 13.3 Å². The second-order valence-electron chi connectivity index (χ2n) is 3.50. The van der Waals surface area contributed by atoms with Crippen molar-refractivity contribution < 1.29 is 18.7 Å². The lowest BCUT2D eigenvalue weighted by Gasteiger charge is -2.05. The van der Waals surface area contributed by atoms with Crippen LogP contribution in [-0.4, -0.2) is 25.8 Å². The van der Waals surface area contributed by atoms with E-state index >= 15 is 0 Å². The van der Waals surface area contributed by atoms with Crippen molar-refractivity contribution in [3.8, 4) is 5.69 Å². The van der Waals surface area contributed by atoms with Crippen LogP contribution < -0.4 is 0 Å². The van der Waals surface area contributed by atoms with Crippen LogP contribution in [0.5, 0.6) is 0 Å². The van der Waals surface area contributed by atoms with E-state index in [4.69, 9.17) is 5.11 Å². The third-order valence-electron chi connectivity index (χ3n) is 2.34. The quantitative estimate of drug-likeness (QED) is 0.905. The molecule has 1 heterocycles. The number of hydrogen-bond acceptors (Lipinski definition) is 3. The van der Waals surface area contributed by atoms with Gasteiger partial charge in [0.1, 0.15) is 11.5 Å². The van der Waals surface area contributed by atoms with Gasteiger partial charge in [0.25, 0.3) is 5.82 Å². The standard InChI is InChI=1S/C11H9F2N3O2/c1-2-8-14-10(11(17)18)15-16(8)7-5-3-4-6(12)9(7)13/h3-5H,2H2,1H3,(H,17,18). The Labute approximate surface area is 101 Å². The second-order valence-corrected chi connectivity index (χ2v) is 3.50. The average molecular weight is 253 g/mol. The molecule has 1 aromatic heterocycles. The highest BCUT2D eigenvalue weighted by Crippen LogP contribution is 2.17. The Morgan fingerprint density at radius 2 is 2.17 bits per heavy atom. The summed E-state index contributed by atoms with van der Waals surface area (Å²) in [5.74, 6) is -3.64. The van der Waals surface area contributed by atoms with E-state index in [0.29, 0.717) is 6.42 Å². The van der Waals surface area contributed by atoms with Crippen LogP contribution in [0.25, 0.3) is 5.69 Å². The average Bonchev–Trinajstić information content (AvgIpc) is 2.76. The molecule has 5 nitrogen and oxygen atoms in total. The number of aromatic carboxylic acids is 1. The predicted molar refractivity (Wildman–Crippen MR) is 57.6 cm³/mol. The Balaban J connectivity index is 2.63. The lowest BCUT2D eigenvalue weighted by Crippen LogP contribution is -2.06. The molecule has 2 rings (SSSR count). The van der Waals surface area contributed by atoms with Crippen molar-refractivity contribution in [2.75, 3.05) is 0 Å². The van der Waals surface area contributed by atoms with Crippen LogP contribution in [0.2, 0.25) is 0 Å². The van der Waals surface area contributed by atoms with Crippen molar-refractivity contribution in [1.29, 1.82) is 0 Å². The molecule has 0 aliphatic rings. The third-order valence-corrected chi connectivity index (χ3v) is 2.34. The largest absolute Gasteiger partial charge is 0.475 e. The predicted octanol–water partition coefficient (Wildman–Crippen LogP) is 1.81. The summed E-state index contributed by atoms with van der Waals surface area (Å²) in [6.45, 7) is 1.71. The molecule has 0 saturated heterocycles. The van der Waals surface area contributed by atoms with Crippen LogP contribution in [0.15, 0.2) is 18.2 Å². The Morgan fingerprint density at radius 3 is 2.78 bits per heavy atom. The van der Waals surface area contributed by atoms with Crippen molar-refractivity contribution in [3.63, 3.8) is 0 Å². The van der Waals surface area contributed by atoms with E-state index in [1.54, 1.807) is 6.92 Å².